The van der Waals surface area contributed by atoms with Gasteiger partial charge >= 0.3 is 0 Å². The Balaban J connectivity index is 2.11. The normalized spacial score (nSPS) is 23.4. The highest BCUT2D eigenvalue weighted by Crippen LogP contribution is 2.33. The first-order valence-electron chi connectivity index (χ1n) is 5.24. The van der Waals surface area contributed by atoms with Crippen molar-refractivity contribution in [2.24, 2.45) is 5.92 Å². The number of aromatic nitrogens is 1. The molecule has 84 valence electrons. The molecule has 15 heavy (non-hydrogen) atoms. The highest BCUT2D eigenvalue weighted by atomic mass is 32.1. The van der Waals surface area contributed by atoms with E-state index in [0.29, 0.717) is 11.7 Å². The summed E-state index contributed by atoms with van der Waals surface area (Å²) in [6.07, 6.45) is 0.829. The largest absolute Gasteiger partial charge is 0.393 e. The second-order valence-corrected chi connectivity index (χ2v) is 4.99. The van der Waals surface area contributed by atoms with Gasteiger partial charge in [-0.3, -0.25) is 0 Å². The van der Waals surface area contributed by atoms with Gasteiger partial charge in [0.25, 0.3) is 0 Å². The summed E-state index contributed by atoms with van der Waals surface area (Å²) < 4.78 is 4.15. The summed E-state index contributed by atoms with van der Waals surface area (Å²) in [7, 11) is 0. The molecule has 1 aromatic heterocycles. The quantitative estimate of drug-likeness (QED) is 0.798. The van der Waals surface area contributed by atoms with Crippen molar-refractivity contribution in [1.29, 1.82) is 0 Å². The van der Waals surface area contributed by atoms with E-state index in [2.05, 4.69) is 9.27 Å². The molecule has 0 spiro atoms. The number of aliphatic hydroxyl groups is 1. The molecule has 1 aromatic rings. The molecule has 0 bridgehead atoms. The second kappa shape index (κ2) is 3.98. The molecule has 0 saturated carbocycles. The predicted octanol–water partition coefficient (Wildman–Crippen LogP) is 1.24. The molecule has 1 aliphatic rings. The van der Waals surface area contributed by atoms with Crippen molar-refractivity contribution in [2.45, 2.75) is 26.4 Å². The molecule has 0 aliphatic carbocycles. The van der Waals surface area contributed by atoms with Crippen LogP contribution in [0.1, 0.15) is 18.9 Å². The zero-order valence-corrected chi connectivity index (χ0v) is 9.92. The van der Waals surface area contributed by atoms with Crippen molar-refractivity contribution in [3.8, 4) is 0 Å². The highest BCUT2D eigenvalue weighted by Gasteiger charge is 2.28. The maximum Gasteiger partial charge on any atom is 0.142 e. The van der Waals surface area contributed by atoms with E-state index in [4.69, 9.17) is 5.73 Å². The van der Waals surface area contributed by atoms with Crippen LogP contribution in [-0.4, -0.2) is 28.7 Å². The molecule has 0 radical (unpaired) electrons. The van der Waals surface area contributed by atoms with Gasteiger partial charge in [-0.05, 0) is 31.8 Å². The van der Waals surface area contributed by atoms with Crippen molar-refractivity contribution < 1.29 is 5.11 Å². The Kier molecular flexibility index (Phi) is 2.84. The first kappa shape index (κ1) is 10.7. The topological polar surface area (TPSA) is 62.4 Å². The standard InChI is InChI=1S/C10H17N3OS/c1-6-9(11)12-15-10(6)13-4-3-8(5-13)7(2)14/h7-8,14H,3-5H2,1-2H3,(H2,11,12). The SMILES string of the molecule is Cc1c(N)nsc1N1CCC(C(C)O)C1. The van der Waals surface area contributed by atoms with Crippen molar-refractivity contribution in [2.75, 3.05) is 23.7 Å². The van der Waals surface area contributed by atoms with Gasteiger partial charge < -0.3 is 15.7 Å². The minimum Gasteiger partial charge on any atom is -0.393 e. The molecule has 4 nitrogen and oxygen atoms in total. The van der Waals surface area contributed by atoms with Gasteiger partial charge in [-0.1, -0.05) is 0 Å². The maximum absolute atomic E-state index is 9.53. The molecule has 2 rings (SSSR count). The van der Waals surface area contributed by atoms with Crippen LogP contribution >= 0.6 is 11.5 Å². The van der Waals surface area contributed by atoms with Crippen LogP contribution in [0.3, 0.4) is 0 Å². The number of rotatable bonds is 2. The minimum absolute atomic E-state index is 0.222. The lowest BCUT2D eigenvalue weighted by atomic mass is 10.0. The molecular weight excluding hydrogens is 210 g/mol. The number of hydrogen-bond donors (Lipinski definition) is 2. The summed E-state index contributed by atoms with van der Waals surface area (Å²) in [5.41, 5.74) is 6.80. The van der Waals surface area contributed by atoms with Crippen molar-refractivity contribution in [3.63, 3.8) is 0 Å². The summed E-state index contributed by atoms with van der Waals surface area (Å²) in [5, 5.41) is 10.7. The number of aliphatic hydroxyl groups excluding tert-OH is 1. The van der Waals surface area contributed by atoms with Crippen LogP contribution in [0.5, 0.6) is 0 Å². The molecule has 1 fully saturated rings. The van der Waals surface area contributed by atoms with Gasteiger partial charge in [0.2, 0.25) is 0 Å². The van der Waals surface area contributed by atoms with Gasteiger partial charge in [0, 0.05) is 24.6 Å². The van der Waals surface area contributed by atoms with Gasteiger partial charge in [0.15, 0.2) is 0 Å². The monoisotopic (exact) mass is 227 g/mol. The van der Waals surface area contributed by atoms with E-state index in [-0.39, 0.29) is 6.10 Å². The van der Waals surface area contributed by atoms with Crippen LogP contribution in [0.4, 0.5) is 10.8 Å². The molecule has 3 N–H and O–H groups in total. The van der Waals surface area contributed by atoms with E-state index in [0.717, 1.165) is 30.1 Å². The maximum atomic E-state index is 9.53. The minimum atomic E-state index is -0.222. The number of nitrogens with two attached hydrogens (primary N) is 1. The van der Waals surface area contributed by atoms with Gasteiger partial charge in [-0.25, -0.2) is 0 Å². The molecule has 0 amide bonds. The van der Waals surface area contributed by atoms with Gasteiger partial charge in [-0.2, -0.15) is 4.37 Å². The van der Waals surface area contributed by atoms with Crippen molar-refractivity contribution >= 4 is 22.4 Å². The van der Waals surface area contributed by atoms with E-state index >= 15 is 0 Å². The lowest BCUT2D eigenvalue weighted by molar-refractivity contribution is 0.136. The fourth-order valence-corrected chi connectivity index (χ4v) is 2.84. The Morgan fingerprint density at radius 2 is 2.40 bits per heavy atom. The Morgan fingerprint density at radius 1 is 1.67 bits per heavy atom. The van der Waals surface area contributed by atoms with Gasteiger partial charge in [-0.15, -0.1) is 0 Å². The van der Waals surface area contributed by atoms with Crippen LogP contribution in [0, 0.1) is 12.8 Å². The van der Waals surface area contributed by atoms with E-state index in [1.165, 1.54) is 11.5 Å². The Hall–Kier alpha value is -0.810. The molecule has 0 aromatic carbocycles. The predicted molar refractivity (Wildman–Crippen MR) is 63.3 cm³/mol. The van der Waals surface area contributed by atoms with Gasteiger partial charge in [0.1, 0.15) is 10.8 Å². The number of anilines is 2. The number of hydrogen-bond acceptors (Lipinski definition) is 5. The van der Waals surface area contributed by atoms with Gasteiger partial charge in [0.05, 0.1) is 6.10 Å². The summed E-state index contributed by atoms with van der Waals surface area (Å²) in [6.45, 7) is 5.78. The Labute approximate surface area is 93.9 Å². The average Bonchev–Trinajstić information content (AvgIpc) is 2.76. The van der Waals surface area contributed by atoms with E-state index < -0.39 is 0 Å². The average molecular weight is 227 g/mol. The first-order chi connectivity index (χ1) is 7.09. The van der Waals surface area contributed by atoms with Crippen molar-refractivity contribution in [1.82, 2.24) is 4.37 Å². The lowest BCUT2D eigenvalue weighted by Crippen LogP contribution is -2.23. The zero-order chi connectivity index (χ0) is 11.0. The Bertz CT molecular complexity index is 350. The fraction of sp³-hybridized carbons (Fsp3) is 0.700. The molecule has 1 aliphatic heterocycles. The molecule has 2 unspecified atom stereocenters. The van der Waals surface area contributed by atoms with E-state index in [9.17, 15) is 5.11 Å². The third-order valence-electron chi connectivity index (χ3n) is 3.13. The molecule has 2 atom stereocenters. The highest BCUT2D eigenvalue weighted by molar-refractivity contribution is 7.10. The van der Waals surface area contributed by atoms with Crippen LogP contribution in [0.2, 0.25) is 0 Å². The lowest BCUT2D eigenvalue weighted by Gasteiger charge is -2.18. The second-order valence-electron chi connectivity index (χ2n) is 4.23. The summed E-state index contributed by atoms with van der Waals surface area (Å²) in [5.74, 6) is 1.02. The summed E-state index contributed by atoms with van der Waals surface area (Å²) in [4.78, 5) is 2.28. The zero-order valence-electron chi connectivity index (χ0n) is 9.10. The molecule has 5 heteroatoms. The summed E-state index contributed by atoms with van der Waals surface area (Å²) in [6, 6.07) is 0. The smallest absolute Gasteiger partial charge is 0.142 e. The van der Waals surface area contributed by atoms with Crippen LogP contribution in [0.25, 0.3) is 0 Å². The van der Waals surface area contributed by atoms with Crippen molar-refractivity contribution in [3.05, 3.63) is 5.56 Å². The van der Waals surface area contributed by atoms with Crippen LogP contribution in [0.15, 0.2) is 0 Å². The first-order valence-corrected chi connectivity index (χ1v) is 6.01. The molecule has 2 heterocycles. The van der Waals surface area contributed by atoms with Crippen LogP contribution in [-0.2, 0) is 0 Å². The van der Waals surface area contributed by atoms with E-state index in [1.54, 1.807) is 0 Å². The molecular formula is C10H17N3OS. The number of nitrogen functional groups attached to an aromatic ring is 1. The number of nitrogens with zero attached hydrogens (tertiary/aromatic N) is 2. The fourth-order valence-electron chi connectivity index (χ4n) is 2.00. The molecule has 1 saturated heterocycles. The Morgan fingerprint density at radius 3 is 2.87 bits per heavy atom. The van der Waals surface area contributed by atoms with E-state index in [1.807, 2.05) is 13.8 Å². The van der Waals surface area contributed by atoms with Crippen LogP contribution < -0.4 is 10.6 Å². The third-order valence-corrected chi connectivity index (χ3v) is 4.15. The summed E-state index contributed by atoms with van der Waals surface area (Å²) >= 11 is 1.46. The third kappa shape index (κ3) is 1.94.